The number of hydrogen-bond donors (Lipinski definition) is 0. The molecule has 0 bridgehead atoms. The molecule has 3 aliphatic rings. The van der Waals surface area contributed by atoms with Gasteiger partial charge in [-0.2, -0.15) is 0 Å². The van der Waals surface area contributed by atoms with Crippen LogP contribution in [0.2, 0.25) is 0 Å². The van der Waals surface area contributed by atoms with E-state index >= 15 is 0 Å². The van der Waals surface area contributed by atoms with Crippen LogP contribution in [0.5, 0.6) is 17.2 Å². The highest BCUT2D eigenvalue weighted by Gasteiger charge is 2.43. The van der Waals surface area contributed by atoms with E-state index < -0.39 is 11.6 Å². The van der Waals surface area contributed by atoms with Crippen molar-refractivity contribution in [3.63, 3.8) is 0 Å². The lowest BCUT2D eigenvalue weighted by atomic mass is 9.75. The topological polar surface area (TPSA) is 74.3 Å². The molecule has 1 saturated heterocycles. The van der Waals surface area contributed by atoms with Crippen molar-refractivity contribution in [2.45, 2.75) is 102 Å². The summed E-state index contributed by atoms with van der Waals surface area (Å²) in [5.41, 5.74) is 0.463. The van der Waals surface area contributed by atoms with E-state index in [1.54, 1.807) is 21.3 Å². The van der Waals surface area contributed by atoms with Crippen molar-refractivity contribution in [2.75, 3.05) is 27.9 Å². The number of hydrogen-bond acceptors (Lipinski definition) is 6. The van der Waals surface area contributed by atoms with Crippen molar-refractivity contribution in [3.05, 3.63) is 17.7 Å². The average molecular weight is 502 g/mol. The number of carbonyl (C=O) groups is 2. The number of methoxy groups -OCH3 is 3. The molecule has 2 aliphatic carbocycles. The predicted octanol–water partition coefficient (Wildman–Crippen LogP) is 5.63. The maximum Gasteiger partial charge on any atom is 0.329 e. The van der Waals surface area contributed by atoms with Crippen molar-refractivity contribution < 1.29 is 28.5 Å². The number of benzene rings is 1. The Morgan fingerprint density at radius 1 is 0.861 bits per heavy atom. The first-order chi connectivity index (χ1) is 17.4. The monoisotopic (exact) mass is 501 g/mol. The Balaban J connectivity index is 1.67. The third kappa shape index (κ3) is 5.60. The van der Waals surface area contributed by atoms with E-state index in [0.29, 0.717) is 30.2 Å². The van der Waals surface area contributed by atoms with Gasteiger partial charge in [0.2, 0.25) is 11.7 Å². The summed E-state index contributed by atoms with van der Waals surface area (Å²) < 4.78 is 22.8. The molecule has 2 saturated carbocycles. The zero-order valence-electron chi connectivity index (χ0n) is 22.5. The lowest BCUT2D eigenvalue weighted by Gasteiger charge is -2.40. The Hall–Kier alpha value is -2.44. The number of likely N-dealkylation sites (tertiary alicyclic amines) is 1. The molecule has 2 atom stereocenters. The second kappa shape index (κ2) is 11.7. The summed E-state index contributed by atoms with van der Waals surface area (Å²) >= 11 is 0. The highest BCUT2D eigenvalue weighted by molar-refractivity contribution is 5.89. The van der Waals surface area contributed by atoms with Gasteiger partial charge in [-0.1, -0.05) is 19.3 Å². The smallest absolute Gasteiger partial charge is 0.329 e. The van der Waals surface area contributed by atoms with Gasteiger partial charge >= 0.3 is 5.97 Å². The maximum atomic E-state index is 14.4. The number of carbonyl (C=O) groups excluding carboxylic acids is 2. The number of nitrogens with zero attached hydrogens (tertiary/aromatic N) is 1. The third-order valence-electron chi connectivity index (χ3n) is 8.50. The second-order valence-electron chi connectivity index (χ2n) is 11.0. The number of esters is 1. The van der Waals surface area contributed by atoms with Crippen LogP contribution in [0.15, 0.2) is 12.1 Å². The molecule has 7 heteroatoms. The minimum atomic E-state index is -0.517. The highest BCUT2D eigenvalue weighted by atomic mass is 16.6. The van der Waals surface area contributed by atoms with Gasteiger partial charge in [0.25, 0.3) is 0 Å². The standard InChI is InChI=1S/C29H43NO6/c1-29(15-9-10-16-29)36-28(32)22-14-8-11-17-30(22)27(31)25(20-12-6-5-7-13-20)21-18-23(33-2)26(35-4)24(19-21)34-3/h18-20,22,25H,5-17H2,1-4H3/t22-,25-/m0/s1. The molecule has 0 N–H and O–H groups in total. The van der Waals surface area contributed by atoms with E-state index in [0.717, 1.165) is 69.8 Å². The molecule has 36 heavy (non-hydrogen) atoms. The van der Waals surface area contributed by atoms with Gasteiger partial charge in [-0.15, -0.1) is 0 Å². The van der Waals surface area contributed by atoms with Gasteiger partial charge in [0.15, 0.2) is 11.5 Å². The van der Waals surface area contributed by atoms with Crippen molar-refractivity contribution in [1.82, 2.24) is 4.90 Å². The van der Waals surface area contributed by atoms with Crippen LogP contribution < -0.4 is 14.2 Å². The van der Waals surface area contributed by atoms with Crippen LogP contribution in [0.4, 0.5) is 0 Å². The minimum Gasteiger partial charge on any atom is -0.493 e. The van der Waals surface area contributed by atoms with Crippen molar-refractivity contribution >= 4 is 11.9 Å². The molecule has 1 amide bonds. The molecular weight excluding hydrogens is 458 g/mol. The SMILES string of the molecule is COc1cc([C@@H](C(=O)N2CCCC[C@H]2C(=O)OC2(C)CCCC2)C2CCCCC2)cc(OC)c1OC. The summed E-state index contributed by atoms with van der Waals surface area (Å²) in [4.78, 5) is 29.6. The third-order valence-corrected chi connectivity index (χ3v) is 8.50. The molecule has 3 fully saturated rings. The normalized spacial score (nSPS) is 23.1. The van der Waals surface area contributed by atoms with E-state index in [4.69, 9.17) is 18.9 Å². The van der Waals surface area contributed by atoms with Crippen LogP contribution in [0.1, 0.15) is 95.5 Å². The number of rotatable bonds is 8. The van der Waals surface area contributed by atoms with Gasteiger partial charge in [-0.25, -0.2) is 4.79 Å². The molecule has 1 aromatic rings. The van der Waals surface area contributed by atoms with E-state index in [1.807, 2.05) is 24.0 Å². The molecular formula is C29H43NO6. The summed E-state index contributed by atoms with van der Waals surface area (Å²) in [5.74, 6) is 1.24. The molecule has 1 aromatic carbocycles. The first kappa shape index (κ1) is 26.6. The van der Waals surface area contributed by atoms with Crippen LogP contribution in [0, 0.1) is 5.92 Å². The molecule has 0 spiro atoms. The fourth-order valence-electron chi connectivity index (χ4n) is 6.52. The Morgan fingerprint density at radius 2 is 1.47 bits per heavy atom. The number of ether oxygens (including phenoxy) is 4. The molecule has 1 aliphatic heterocycles. The zero-order chi connectivity index (χ0) is 25.7. The van der Waals surface area contributed by atoms with Crippen molar-refractivity contribution in [2.24, 2.45) is 5.92 Å². The predicted molar refractivity (Wildman–Crippen MR) is 138 cm³/mol. The molecule has 0 unspecified atom stereocenters. The first-order valence-electron chi connectivity index (χ1n) is 13.7. The molecule has 200 valence electrons. The fourth-order valence-corrected chi connectivity index (χ4v) is 6.52. The largest absolute Gasteiger partial charge is 0.493 e. The van der Waals surface area contributed by atoms with E-state index in [1.165, 1.54) is 6.42 Å². The summed E-state index contributed by atoms with van der Waals surface area (Å²) in [5, 5.41) is 0. The molecule has 1 heterocycles. The highest BCUT2D eigenvalue weighted by Crippen LogP contribution is 2.45. The lowest BCUT2D eigenvalue weighted by Crippen LogP contribution is -2.52. The zero-order valence-corrected chi connectivity index (χ0v) is 22.5. The van der Waals surface area contributed by atoms with Crippen LogP contribution in [0.25, 0.3) is 0 Å². The van der Waals surface area contributed by atoms with Crippen LogP contribution >= 0.6 is 0 Å². The van der Waals surface area contributed by atoms with E-state index in [2.05, 4.69) is 0 Å². The maximum absolute atomic E-state index is 14.4. The first-order valence-corrected chi connectivity index (χ1v) is 13.7. The van der Waals surface area contributed by atoms with Crippen LogP contribution in [-0.4, -0.2) is 56.3 Å². The summed E-state index contributed by atoms with van der Waals surface area (Å²) in [6.45, 7) is 2.62. The van der Waals surface area contributed by atoms with Gasteiger partial charge in [0.05, 0.1) is 27.2 Å². The number of amides is 1. The summed E-state index contributed by atoms with van der Waals surface area (Å²) in [6.07, 6.45) is 11.9. The Labute approximate surface area is 215 Å². The van der Waals surface area contributed by atoms with E-state index in [-0.39, 0.29) is 23.7 Å². The quantitative estimate of drug-likeness (QED) is 0.430. The summed E-state index contributed by atoms with van der Waals surface area (Å²) in [6, 6.07) is 3.31. The van der Waals surface area contributed by atoms with Crippen LogP contribution in [0.3, 0.4) is 0 Å². The van der Waals surface area contributed by atoms with E-state index in [9.17, 15) is 9.59 Å². The average Bonchev–Trinajstić information content (AvgIpc) is 3.34. The van der Waals surface area contributed by atoms with Gasteiger partial charge in [0, 0.05) is 6.54 Å². The Morgan fingerprint density at radius 3 is 2.06 bits per heavy atom. The summed E-state index contributed by atoms with van der Waals surface area (Å²) in [7, 11) is 4.77. The minimum absolute atomic E-state index is 0.0226. The molecule has 0 radical (unpaired) electrons. The lowest BCUT2D eigenvalue weighted by molar-refractivity contribution is -0.169. The van der Waals surface area contributed by atoms with Gasteiger partial charge in [-0.3, -0.25) is 4.79 Å². The molecule has 0 aromatic heterocycles. The molecule has 7 nitrogen and oxygen atoms in total. The van der Waals surface area contributed by atoms with Gasteiger partial charge < -0.3 is 23.8 Å². The van der Waals surface area contributed by atoms with Gasteiger partial charge in [-0.05, 0) is 88.3 Å². The Bertz CT molecular complexity index is 893. The Kier molecular flexibility index (Phi) is 8.68. The second-order valence-corrected chi connectivity index (χ2v) is 11.0. The van der Waals surface area contributed by atoms with Gasteiger partial charge in [0.1, 0.15) is 11.6 Å². The fraction of sp³-hybridized carbons (Fsp3) is 0.724. The van der Waals surface area contributed by atoms with Crippen LogP contribution in [-0.2, 0) is 14.3 Å². The van der Waals surface area contributed by atoms with Crippen molar-refractivity contribution in [3.8, 4) is 17.2 Å². The molecule has 4 rings (SSSR count). The van der Waals surface area contributed by atoms with Crippen molar-refractivity contribution in [1.29, 1.82) is 0 Å². The number of piperidine rings is 1.